The number of thioether (sulfide) groups is 1. The van der Waals surface area contributed by atoms with Gasteiger partial charge < -0.3 is 5.32 Å². The Morgan fingerprint density at radius 3 is 3.00 bits per heavy atom. The van der Waals surface area contributed by atoms with Gasteiger partial charge in [0.15, 0.2) is 0 Å². The van der Waals surface area contributed by atoms with Crippen LogP contribution in [0.3, 0.4) is 0 Å². The summed E-state index contributed by atoms with van der Waals surface area (Å²) >= 11 is 9.98. The number of hydrogen-bond donors (Lipinski definition) is 1. The summed E-state index contributed by atoms with van der Waals surface area (Å²) in [4.78, 5) is 1.30. The van der Waals surface area contributed by atoms with Crippen LogP contribution >= 0.6 is 34.7 Å². The summed E-state index contributed by atoms with van der Waals surface area (Å²) in [5.74, 6) is 1.30. The molecule has 0 saturated carbocycles. The Kier molecular flexibility index (Phi) is 3.77. The first-order valence-electron chi connectivity index (χ1n) is 4.84. The lowest BCUT2D eigenvalue weighted by atomic mass is 10.1. The zero-order chi connectivity index (χ0) is 9.97. The zero-order valence-electron chi connectivity index (χ0n) is 8.13. The molecule has 2 heterocycles. The van der Waals surface area contributed by atoms with Crippen molar-refractivity contribution in [3.63, 3.8) is 0 Å². The number of thiophene rings is 1. The van der Waals surface area contributed by atoms with Gasteiger partial charge in [0, 0.05) is 10.1 Å². The quantitative estimate of drug-likeness (QED) is 0.877. The molecule has 1 aliphatic heterocycles. The standard InChI is InChI=1S/C10H14ClNS2/c1-12-9(8-3-2-5-13-8)10-7(11)4-6-14-10/h4,6,8-9,12H,2-3,5H2,1H3. The van der Waals surface area contributed by atoms with Gasteiger partial charge in [0.25, 0.3) is 0 Å². The minimum Gasteiger partial charge on any atom is -0.311 e. The van der Waals surface area contributed by atoms with Crippen LogP contribution in [0.2, 0.25) is 5.02 Å². The molecule has 1 aromatic heterocycles. The van der Waals surface area contributed by atoms with Crippen molar-refractivity contribution in [1.29, 1.82) is 0 Å². The molecule has 1 aliphatic rings. The summed E-state index contributed by atoms with van der Waals surface area (Å²) in [6.07, 6.45) is 2.65. The van der Waals surface area contributed by atoms with E-state index in [0.29, 0.717) is 11.3 Å². The maximum absolute atomic E-state index is 6.15. The molecule has 1 aromatic rings. The van der Waals surface area contributed by atoms with E-state index < -0.39 is 0 Å². The number of halogens is 1. The first-order valence-corrected chi connectivity index (χ1v) is 7.15. The van der Waals surface area contributed by atoms with Crippen molar-refractivity contribution in [3.8, 4) is 0 Å². The second-order valence-electron chi connectivity index (χ2n) is 3.45. The second kappa shape index (κ2) is 4.88. The predicted molar refractivity (Wildman–Crippen MR) is 66.6 cm³/mol. The predicted octanol–water partition coefficient (Wildman–Crippen LogP) is 3.56. The van der Waals surface area contributed by atoms with E-state index in [-0.39, 0.29) is 0 Å². The molecule has 0 spiro atoms. The lowest BCUT2D eigenvalue weighted by molar-refractivity contribution is 0.560. The van der Waals surface area contributed by atoms with Crippen molar-refractivity contribution >= 4 is 34.7 Å². The molecule has 0 radical (unpaired) electrons. The zero-order valence-corrected chi connectivity index (χ0v) is 10.5. The van der Waals surface area contributed by atoms with Crippen LogP contribution < -0.4 is 5.32 Å². The van der Waals surface area contributed by atoms with Crippen LogP contribution in [-0.2, 0) is 0 Å². The van der Waals surface area contributed by atoms with Crippen molar-refractivity contribution in [1.82, 2.24) is 5.32 Å². The maximum Gasteiger partial charge on any atom is 0.0561 e. The molecule has 0 aliphatic carbocycles. The lowest BCUT2D eigenvalue weighted by Gasteiger charge is -2.21. The monoisotopic (exact) mass is 247 g/mol. The number of hydrogen-bond acceptors (Lipinski definition) is 3. The third-order valence-electron chi connectivity index (χ3n) is 2.57. The van der Waals surface area contributed by atoms with Gasteiger partial charge >= 0.3 is 0 Å². The Labute approximate surface area is 98.2 Å². The van der Waals surface area contributed by atoms with Crippen molar-refractivity contribution in [3.05, 3.63) is 21.3 Å². The molecule has 1 N–H and O–H groups in total. The first kappa shape index (κ1) is 10.8. The molecular weight excluding hydrogens is 234 g/mol. The van der Waals surface area contributed by atoms with Gasteiger partial charge in [-0.2, -0.15) is 11.8 Å². The van der Waals surface area contributed by atoms with Crippen LogP contribution in [0.15, 0.2) is 11.4 Å². The molecule has 14 heavy (non-hydrogen) atoms. The largest absolute Gasteiger partial charge is 0.311 e. The Morgan fingerprint density at radius 1 is 1.64 bits per heavy atom. The van der Waals surface area contributed by atoms with Gasteiger partial charge in [-0.05, 0) is 37.1 Å². The van der Waals surface area contributed by atoms with E-state index >= 15 is 0 Å². The highest BCUT2D eigenvalue weighted by molar-refractivity contribution is 8.00. The highest BCUT2D eigenvalue weighted by Crippen LogP contribution is 2.40. The van der Waals surface area contributed by atoms with Crippen LogP contribution in [0.4, 0.5) is 0 Å². The fourth-order valence-corrected chi connectivity index (χ4v) is 4.75. The second-order valence-corrected chi connectivity index (χ2v) is 6.15. The van der Waals surface area contributed by atoms with Gasteiger partial charge in [-0.25, -0.2) is 0 Å². The molecule has 0 aromatic carbocycles. The Balaban J connectivity index is 2.16. The average molecular weight is 248 g/mol. The van der Waals surface area contributed by atoms with E-state index in [2.05, 4.69) is 22.5 Å². The van der Waals surface area contributed by atoms with E-state index in [4.69, 9.17) is 11.6 Å². The minimum absolute atomic E-state index is 0.440. The highest BCUT2D eigenvalue weighted by atomic mass is 35.5. The van der Waals surface area contributed by atoms with Crippen LogP contribution in [-0.4, -0.2) is 18.1 Å². The molecule has 1 saturated heterocycles. The molecule has 78 valence electrons. The van der Waals surface area contributed by atoms with E-state index in [1.54, 1.807) is 11.3 Å². The molecular formula is C10H14ClNS2. The third-order valence-corrected chi connectivity index (χ3v) is 5.48. The number of rotatable bonds is 3. The maximum atomic E-state index is 6.15. The van der Waals surface area contributed by atoms with E-state index in [9.17, 15) is 0 Å². The molecule has 1 nitrogen and oxygen atoms in total. The molecule has 0 amide bonds. The first-order chi connectivity index (χ1) is 6.83. The summed E-state index contributed by atoms with van der Waals surface area (Å²) < 4.78 is 0. The Hall–Kier alpha value is 0.300. The summed E-state index contributed by atoms with van der Waals surface area (Å²) in [5, 5.41) is 7.09. The van der Waals surface area contributed by atoms with Gasteiger partial charge in [0.2, 0.25) is 0 Å². The van der Waals surface area contributed by atoms with Gasteiger partial charge in [-0.3, -0.25) is 0 Å². The molecule has 0 bridgehead atoms. The van der Waals surface area contributed by atoms with Gasteiger partial charge in [-0.15, -0.1) is 11.3 Å². The van der Waals surface area contributed by atoms with E-state index in [1.807, 2.05) is 13.1 Å². The van der Waals surface area contributed by atoms with Crippen LogP contribution in [0.25, 0.3) is 0 Å². The molecule has 1 fully saturated rings. The topological polar surface area (TPSA) is 12.0 Å². The smallest absolute Gasteiger partial charge is 0.0561 e. The minimum atomic E-state index is 0.440. The van der Waals surface area contributed by atoms with Crippen LogP contribution in [0.1, 0.15) is 23.8 Å². The Bertz CT molecular complexity index is 294. The van der Waals surface area contributed by atoms with Crippen molar-refractivity contribution < 1.29 is 0 Å². The van der Waals surface area contributed by atoms with Gasteiger partial charge in [-0.1, -0.05) is 11.6 Å². The van der Waals surface area contributed by atoms with Crippen LogP contribution in [0.5, 0.6) is 0 Å². The fraction of sp³-hybridized carbons (Fsp3) is 0.600. The van der Waals surface area contributed by atoms with E-state index in [1.165, 1.54) is 23.5 Å². The molecule has 2 atom stereocenters. The third kappa shape index (κ3) is 2.11. The van der Waals surface area contributed by atoms with Crippen molar-refractivity contribution in [2.45, 2.75) is 24.1 Å². The summed E-state index contributed by atoms with van der Waals surface area (Å²) in [7, 11) is 2.03. The van der Waals surface area contributed by atoms with Gasteiger partial charge in [0.1, 0.15) is 0 Å². The summed E-state index contributed by atoms with van der Waals surface area (Å²) in [6.45, 7) is 0. The highest BCUT2D eigenvalue weighted by Gasteiger charge is 2.27. The summed E-state index contributed by atoms with van der Waals surface area (Å²) in [5.41, 5.74) is 0. The molecule has 2 rings (SSSR count). The van der Waals surface area contributed by atoms with Crippen molar-refractivity contribution in [2.24, 2.45) is 0 Å². The van der Waals surface area contributed by atoms with Crippen LogP contribution in [0, 0.1) is 0 Å². The van der Waals surface area contributed by atoms with Crippen molar-refractivity contribution in [2.75, 3.05) is 12.8 Å². The normalized spacial score (nSPS) is 24.0. The van der Waals surface area contributed by atoms with E-state index in [0.717, 1.165) is 5.02 Å². The molecule has 4 heteroatoms. The number of nitrogens with one attached hydrogen (secondary N) is 1. The fourth-order valence-electron chi connectivity index (χ4n) is 1.88. The van der Waals surface area contributed by atoms with Gasteiger partial charge in [0.05, 0.1) is 11.1 Å². The average Bonchev–Trinajstić information content (AvgIpc) is 2.80. The Morgan fingerprint density at radius 2 is 2.50 bits per heavy atom. The summed E-state index contributed by atoms with van der Waals surface area (Å²) in [6, 6.07) is 2.43. The SMILES string of the molecule is CNC(c1sccc1Cl)C1CCCS1. The molecule has 2 unspecified atom stereocenters. The lowest BCUT2D eigenvalue weighted by Crippen LogP contribution is -2.25.